The van der Waals surface area contributed by atoms with Crippen LogP contribution in [-0.2, 0) is 0 Å². The predicted octanol–water partition coefficient (Wildman–Crippen LogP) is 7.74. The molecule has 0 bridgehead atoms. The van der Waals surface area contributed by atoms with Crippen molar-refractivity contribution in [2.75, 3.05) is 0 Å². The quantitative estimate of drug-likeness (QED) is 0.158. The Morgan fingerprint density at radius 1 is 0.480 bits per heavy atom. The van der Waals surface area contributed by atoms with Crippen molar-refractivity contribution in [2.45, 2.75) is 6.92 Å². The molecule has 0 aliphatic heterocycles. The zero-order chi connectivity index (χ0) is 34.4. The van der Waals surface area contributed by atoms with E-state index in [9.17, 15) is 10.2 Å². The maximum Gasteiger partial charge on any atom is 0.331 e. The summed E-state index contributed by atoms with van der Waals surface area (Å²) >= 11 is 12.2. The molecule has 3 heterocycles. The molecule has 0 fully saturated rings. The number of benzene rings is 5. The summed E-state index contributed by atoms with van der Waals surface area (Å²) in [4.78, 5) is 15.4. The minimum absolute atomic E-state index is 0.132. The number of fused-ring (bicyclic) bond motifs is 2. The van der Waals surface area contributed by atoms with Gasteiger partial charge in [0.25, 0.3) is 0 Å². The van der Waals surface area contributed by atoms with Crippen molar-refractivity contribution in [1.82, 2.24) is 44.9 Å². The van der Waals surface area contributed by atoms with Gasteiger partial charge in [-0.15, -0.1) is 44.9 Å². The van der Waals surface area contributed by atoms with Crippen LogP contribution >= 0.6 is 23.2 Å². The zero-order valence-corrected chi connectivity index (χ0v) is 27.1. The van der Waals surface area contributed by atoms with Gasteiger partial charge in [-0.05, 0) is 79.7 Å². The van der Waals surface area contributed by atoms with Crippen LogP contribution < -0.4 is 14.2 Å². The van der Waals surface area contributed by atoms with Crippen LogP contribution in [0.25, 0.3) is 33.4 Å². The summed E-state index contributed by atoms with van der Waals surface area (Å²) in [6, 6.07) is 26.0. The highest BCUT2D eigenvalue weighted by molar-refractivity contribution is 6.31. The Bertz CT molecular complexity index is 2410. The van der Waals surface area contributed by atoms with Gasteiger partial charge in [-0.3, -0.25) is 0 Å². The zero-order valence-electron chi connectivity index (χ0n) is 25.6. The molecule has 0 unspecified atom stereocenters. The first-order valence-corrected chi connectivity index (χ1v) is 15.6. The van der Waals surface area contributed by atoms with Crippen molar-refractivity contribution in [3.8, 4) is 58.2 Å². The van der Waals surface area contributed by atoms with Gasteiger partial charge in [0.1, 0.15) is 62.2 Å². The number of rotatable bonds is 8. The lowest BCUT2D eigenvalue weighted by Crippen LogP contribution is -2.02. The number of phenolic OH excluding ortho intramolecular Hbond substituents is 2. The van der Waals surface area contributed by atoms with Crippen LogP contribution in [0.4, 0.5) is 0 Å². The van der Waals surface area contributed by atoms with Gasteiger partial charge in [0.05, 0.1) is 0 Å². The van der Waals surface area contributed by atoms with Gasteiger partial charge in [-0.25, -0.2) is 0 Å². The van der Waals surface area contributed by atoms with E-state index < -0.39 is 0 Å². The minimum Gasteiger partial charge on any atom is -0.505 e. The molecule has 0 saturated heterocycles. The molecule has 0 spiro atoms. The Labute approximate surface area is 291 Å². The molecular weight excluding hydrogens is 685 g/mol. The molecule has 2 N–H and O–H groups in total. The van der Waals surface area contributed by atoms with E-state index in [0.29, 0.717) is 49.2 Å². The second-order valence-corrected chi connectivity index (χ2v) is 11.7. The van der Waals surface area contributed by atoms with E-state index >= 15 is 0 Å². The fraction of sp³-hybridized carbons (Fsp3) is 0.0294. The number of hydrogen-bond donors (Lipinski definition) is 2. The first kappa shape index (κ1) is 30.8. The molecule has 8 rings (SSSR count). The molecule has 0 saturated carbocycles. The fourth-order valence-electron chi connectivity index (χ4n) is 4.84. The van der Waals surface area contributed by atoms with E-state index in [1.54, 1.807) is 72.8 Å². The third kappa shape index (κ3) is 6.35. The Balaban J connectivity index is 1.08. The molecule has 50 heavy (non-hydrogen) atoms. The van der Waals surface area contributed by atoms with Crippen molar-refractivity contribution in [3.63, 3.8) is 0 Å². The van der Waals surface area contributed by atoms with Crippen molar-refractivity contribution in [3.05, 3.63) is 113 Å². The van der Waals surface area contributed by atoms with Gasteiger partial charge in [0, 0.05) is 22.2 Å². The van der Waals surface area contributed by atoms with Crippen LogP contribution in [0.5, 0.6) is 46.8 Å². The van der Waals surface area contributed by atoms with Gasteiger partial charge < -0.3 is 24.4 Å². The third-order valence-corrected chi connectivity index (χ3v) is 7.70. The molecule has 0 atom stereocenters. The molecule has 16 heteroatoms. The highest BCUT2D eigenvalue weighted by Gasteiger charge is 2.17. The normalized spacial score (nSPS) is 11.3. The number of phenols is 2. The Kier molecular flexibility index (Phi) is 7.70. The third-order valence-electron chi connectivity index (χ3n) is 7.23. The average Bonchev–Trinajstić information content (AvgIpc) is 3.69. The monoisotopic (exact) mass is 705 g/mol. The lowest BCUT2D eigenvalue weighted by Gasteiger charge is -2.11. The summed E-state index contributed by atoms with van der Waals surface area (Å²) in [6.07, 6.45) is 0. The number of aromatic hydroxyl groups is 2. The van der Waals surface area contributed by atoms with E-state index in [1.165, 1.54) is 21.7 Å². The average molecular weight is 707 g/mol. The van der Waals surface area contributed by atoms with Crippen molar-refractivity contribution < 1.29 is 24.4 Å². The van der Waals surface area contributed by atoms with Gasteiger partial charge >= 0.3 is 18.0 Å². The Hall–Kier alpha value is -6.51. The largest absolute Gasteiger partial charge is 0.505 e. The number of aromatic nitrogens is 9. The Morgan fingerprint density at radius 3 is 1.32 bits per heavy atom. The van der Waals surface area contributed by atoms with Crippen LogP contribution in [0, 0.1) is 6.92 Å². The molecule has 0 amide bonds. The highest BCUT2D eigenvalue weighted by atomic mass is 35.5. The van der Waals surface area contributed by atoms with E-state index in [4.69, 9.17) is 37.4 Å². The number of hydrogen-bond acceptors (Lipinski definition) is 12. The fourth-order valence-corrected chi connectivity index (χ4v) is 5.18. The van der Waals surface area contributed by atoms with E-state index in [-0.39, 0.29) is 41.0 Å². The lowest BCUT2D eigenvalue weighted by molar-refractivity contribution is 0.360. The summed E-state index contributed by atoms with van der Waals surface area (Å²) in [6.45, 7) is 1.95. The van der Waals surface area contributed by atoms with Gasteiger partial charge in [0.2, 0.25) is 0 Å². The molecule has 14 nitrogen and oxygen atoms in total. The van der Waals surface area contributed by atoms with Crippen LogP contribution in [0.15, 0.2) is 97.1 Å². The summed E-state index contributed by atoms with van der Waals surface area (Å²) in [7, 11) is 0. The summed E-state index contributed by atoms with van der Waals surface area (Å²) in [5, 5.41) is 40.3. The molecule has 246 valence electrons. The van der Waals surface area contributed by atoms with E-state index in [0.717, 1.165) is 5.56 Å². The molecule has 0 radical (unpaired) electrons. The first-order valence-electron chi connectivity index (χ1n) is 14.8. The summed E-state index contributed by atoms with van der Waals surface area (Å²) < 4.78 is 17.7. The number of nitrogens with zero attached hydrogens (tertiary/aromatic N) is 9. The van der Waals surface area contributed by atoms with Gasteiger partial charge in [0.15, 0.2) is 0 Å². The molecular formula is C34H21Cl2N9O5. The topological polar surface area (TPSA) is 168 Å². The highest BCUT2D eigenvalue weighted by Crippen LogP contribution is 2.33. The predicted molar refractivity (Wildman–Crippen MR) is 182 cm³/mol. The second kappa shape index (κ2) is 12.5. The number of halogens is 2. The summed E-state index contributed by atoms with van der Waals surface area (Å²) in [5.41, 5.74) is 3.99. The first-order chi connectivity index (χ1) is 24.2. The minimum atomic E-state index is -0.200. The maximum atomic E-state index is 10.9. The van der Waals surface area contributed by atoms with E-state index in [2.05, 4.69) is 35.3 Å². The second-order valence-electron chi connectivity index (χ2n) is 10.8. The number of ether oxygens (including phenoxy) is 3. The van der Waals surface area contributed by atoms with Crippen LogP contribution in [0.2, 0.25) is 10.0 Å². The lowest BCUT2D eigenvalue weighted by atomic mass is 10.2. The smallest absolute Gasteiger partial charge is 0.331 e. The van der Waals surface area contributed by atoms with Crippen LogP contribution in [0.1, 0.15) is 5.56 Å². The maximum absolute atomic E-state index is 10.9. The van der Waals surface area contributed by atoms with Gasteiger partial charge in [-0.1, -0.05) is 40.9 Å². The summed E-state index contributed by atoms with van der Waals surface area (Å²) in [5.74, 6) is 0.491. The Morgan fingerprint density at radius 2 is 0.880 bits per heavy atom. The molecule has 0 aliphatic rings. The number of aryl methyl sites for hydroxylation is 1. The van der Waals surface area contributed by atoms with Gasteiger partial charge in [-0.2, -0.15) is 0 Å². The molecule has 5 aromatic carbocycles. The van der Waals surface area contributed by atoms with Crippen molar-refractivity contribution in [1.29, 1.82) is 0 Å². The standard InChI is InChI=1S/C34H21Cl2N9O5/c1-18-2-6-21(7-3-18)48-32-37-33(49-22-8-12-28(30(46)16-22)44-40-24-10-4-19(35)14-26(24)42-44)39-34(38-32)50-23-9-13-29(31(47)17-23)45-41-25-11-5-20(36)15-27(25)43-45/h2-17,46-47H,1H3. The molecule has 3 aromatic heterocycles. The molecule has 8 aromatic rings. The van der Waals surface area contributed by atoms with Crippen LogP contribution in [0.3, 0.4) is 0 Å². The SMILES string of the molecule is Cc1ccc(Oc2nc(Oc3ccc(-n4nc5ccc(Cl)cc5n4)c(O)c3)nc(Oc3ccc(-n4nc5ccc(Cl)cc5n4)c(O)c3)n2)cc1. The van der Waals surface area contributed by atoms with E-state index in [1.807, 2.05) is 19.1 Å². The van der Waals surface area contributed by atoms with Crippen LogP contribution in [-0.4, -0.2) is 55.2 Å². The molecule has 0 aliphatic carbocycles. The van der Waals surface area contributed by atoms with Crippen molar-refractivity contribution >= 4 is 45.3 Å². The van der Waals surface area contributed by atoms with Crippen molar-refractivity contribution in [2.24, 2.45) is 0 Å².